The molecular weight excluding hydrogens is 260 g/mol. The minimum Gasteiger partial charge on any atom is -0.348 e. The molecule has 2 aromatic carbocycles. The molecule has 0 unspecified atom stereocenters. The molecule has 0 radical (unpaired) electrons. The number of benzene rings is 2. The van der Waals surface area contributed by atoms with Crippen molar-refractivity contribution in [1.29, 1.82) is 0 Å². The molecule has 96 valence electrons. The Balaban J connectivity index is 0.00000133. The third-order valence-electron chi connectivity index (χ3n) is 2.95. The number of fused-ring (bicyclic) bond motifs is 1. The van der Waals surface area contributed by atoms with E-state index in [-0.39, 0.29) is 18.2 Å². The molecule has 0 aliphatic carbocycles. The molecule has 0 bridgehead atoms. The molecule has 0 amide bonds. The van der Waals surface area contributed by atoms with Gasteiger partial charge in [0.25, 0.3) is 0 Å². The van der Waals surface area contributed by atoms with E-state index in [9.17, 15) is 4.79 Å². The highest BCUT2D eigenvalue weighted by molar-refractivity contribution is 6.00. The molecule has 0 aliphatic heterocycles. The van der Waals surface area contributed by atoms with E-state index in [0.717, 1.165) is 16.3 Å². The monoisotopic (exact) mass is 272 g/mol. The average Bonchev–Trinajstić information content (AvgIpc) is 2.91. The van der Waals surface area contributed by atoms with Crippen LogP contribution in [0.5, 0.6) is 0 Å². The van der Waals surface area contributed by atoms with Crippen LogP contribution in [0.4, 0.5) is 0 Å². The van der Waals surface area contributed by atoms with Crippen LogP contribution in [-0.2, 0) is 6.42 Å². The second-order valence-electron chi connectivity index (χ2n) is 4.20. The quantitative estimate of drug-likeness (QED) is 0.743. The number of ketones is 1. The lowest BCUT2D eigenvalue weighted by molar-refractivity contribution is 0.0991. The Morgan fingerprint density at radius 1 is 1.11 bits per heavy atom. The van der Waals surface area contributed by atoms with Gasteiger partial charge in [-0.05, 0) is 16.8 Å². The highest BCUT2D eigenvalue weighted by Gasteiger charge is 2.08. The first kappa shape index (κ1) is 13.3. The molecule has 1 aromatic heterocycles. The SMILES string of the molecule is Cl.O=C(Cc1ncc[nH]1)c1ccc2ccccc2c1. The van der Waals surface area contributed by atoms with E-state index in [1.54, 1.807) is 12.4 Å². The number of Topliss-reactive ketones (excluding diaryl/α,β-unsaturated/α-hetero) is 1. The van der Waals surface area contributed by atoms with Crippen molar-refractivity contribution in [2.24, 2.45) is 0 Å². The van der Waals surface area contributed by atoms with Gasteiger partial charge in [0.2, 0.25) is 0 Å². The number of nitrogens with zero attached hydrogens (tertiary/aromatic N) is 1. The molecule has 3 aromatic rings. The fraction of sp³-hybridized carbons (Fsp3) is 0.0667. The summed E-state index contributed by atoms with van der Waals surface area (Å²) in [6, 6.07) is 13.8. The summed E-state index contributed by atoms with van der Waals surface area (Å²) in [6.45, 7) is 0. The topological polar surface area (TPSA) is 45.8 Å². The van der Waals surface area contributed by atoms with Gasteiger partial charge in [-0.3, -0.25) is 4.79 Å². The van der Waals surface area contributed by atoms with Gasteiger partial charge in [0.05, 0.1) is 6.42 Å². The third-order valence-corrected chi connectivity index (χ3v) is 2.95. The molecule has 0 aliphatic rings. The molecule has 3 rings (SSSR count). The second-order valence-corrected chi connectivity index (χ2v) is 4.20. The van der Waals surface area contributed by atoms with Crippen LogP contribution in [0.25, 0.3) is 10.8 Å². The smallest absolute Gasteiger partial charge is 0.170 e. The number of hydrogen-bond acceptors (Lipinski definition) is 2. The molecule has 4 heteroatoms. The maximum atomic E-state index is 12.1. The maximum absolute atomic E-state index is 12.1. The molecule has 19 heavy (non-hydrogen) atoms. The van der Waals surface area contributed by atoms with Crippen molar-refractivity contribution in [3.8, 4) is 0 Å². The third kappa shape index (κ3) is 2.83. The summed E-state index contributed by atoms with van der Waals surface area (Å²) in [5.41, 5.74) is 0.727. The fourth-order valence-electron chi connectivity index (χ4n) is 2.01. The lowest BCUT2D eigenvalue weighted by Gasteiger charge is -2.02. The van der Waals surface area contributed by atoms with E-state index >= 15 is 0 Å². The largest absolute Gasteiger partial charge is 0.348 e. The number of nitrogens with one attached hydrogen (secondary N) is 1. The fourth-order valence-corrected chi connectivity index (χ4v) is 2.01. The van der Waals surface area contributed by atoms with Crippen LogP contribution in [-0.4, -0.2) is 15.8 Å². The van der Waals surface area contributed by atoms with Crippen LogP contribution >= 0.6 is 12.4 Å². The Labute approximate surface area is 117 Å². The Kier molecular flexibility index (Phi) is 3.97. The van der Waals surface area contributed by atoms with E-state index in [1.807, 2.05) is 42.5 Å². The zero-order valence-corrected chi connectivity index (χ0v) is 11.0. The van der Waals surface area contributed by atoms with Crippen molar-refractivity contribution < 1.29 is 4.79 Å². The summed E-state index contributed by atoms with van der Waals surface area (Å²) >= 11 is 0. The Morgan fingerprint density at radius 2 is 1.89 bits per heavy atom. The van der Waals surface area contributed by atoms with Gasteiger partial charge in [0.15, 0.2) is 5.78 Å². The minimum absolute atomic E-state index is 0. The lowest BCUT2D eigenvalue weighted by Crippen LogP contribution is -2.04. The van der Waals surface area contributed by atoms with Crippen molar-refractivity contribution >= 4 is 29.0 Å². The van der Waals surface area contributed by atoms with E-state index in [1.165, 1.54) is 0 Å². The number of hydrogen-bond donors (Lipinski definition) is 1. The van der Waals surface area contributed by atoms with Crippen LogP contribution in [0.3, 0.4) is 0 Å². The summed E-state index contributed by atoms with van der Waals surface area (Å²) in [7, 11) is 0. The van der Waals surface area contributed by atoms with Crippen LogP contribution < -0.4 is 0 Å². The van der Waals surface area contributed by atoms with Gasteiger partial charge in [-0.15, -0.1) is 12.4 Å². The molecular formula is C15H13ClN2O. The highest BCUT2D eigenvalue weighted by Crippen LogP contribution is 2.16. The first-order valence-corrected chi connectivity index (χ1v) is 5.83. The van der Waals surface area contributed by atoms with E-state index in [2.05, 4.69) is 9.97 Å². The number of halogens is 1. The summed E-state index contributed by atoms with van der Waals surface area (Å²) in [6.07, 6.45) is 3.69. The van der Waals surface area contributed by atoms with Crippen LogP contribution in [0.1, 0.15) is 16.2 Å². The molecule has 0 saturated carbocycles. The van der Waals surface area contributed by atoms with E-state index in [4.69, 9.17) is 0 Å². The second kappa shape index (κ2) is 5.67. The first-order valence-electron chi connectivity index (χ1n) is 5.83. The van der Waals surface area contributed by atoms with Crippen molar-refractivity contribution in [1.82, 2.24) is 9.97 Å². The Bertz CT molecular complexity index is 692. The molecule has 0 atom stereocenters. The van der Waals surface area contributed by atoms with Crippen molar-refractivity contribution in [3.05, 3.63) is 66.2 Å². The van der Waals surface area contributed by atoms with Crippen molar-refractivity contribution in [3.63, 3.8) is 0 Å². The zero-order valence-electron chi connectivity index (χ0n) is 10.2. The standard InChI is InChI=1S/C15H12N2O.ClH/c18-14(10-15-16-7-8-17-15)13-6-5-11-3-1-2-4-12(11)9-13;/h1-9H,10H2,(H,16,17);1H. The Hall–Kier alpha value is -2.13. The van der Waals surface area contributed by atoms with Gasteiger partial charge in [-0.25, -0.2) is 4.98 Å². The number of H-pyrrole nitrogens is 1. The molecule has 1 heterocycles. The van der Waals surface area contributed by atoms with Crippen LogP contribution in [0.15, 0.2) is 54.9 Å². The molecule has 0 saturated heterocycles. The summed E-state index contributed by atoms with van der Waals surface area (Å²) < 4.78 is 0. The number of imidazole rings is 1. The van der Waals surface area contributed by atoms with Gasteiger partial charge in [-0.1, -0.05) is 36.4 Å². The highest BCUT2D eigenvalue weighted by atomic mass is 35.5. The normalized spacial score (nSPS) is 10.1. The molecule has 3 nitrogen and oxygen atoms in total. The van der Waals surface area contributed by atoms with Crippen molar-refractivity contribution in [2.45, 2.75) is 6.42 Å². The number of rotatable bonds is 3. The minimum atomic E-state index is 0. The van der Waals surface area contributed by atoms with E-state index < -0.39 is 0 Å². The molecule has 0 fully saturated rings. The summed E-state index contributed by atoms with van der Waals surface area (Å²) in [5, 5.41) is 2.23. The van der Waals surface area contributed by atoms with Gasteiger partial charge in [0.1, 0.15) is 5.82 Å². The maximum Gasteiger partial charge on any atom is 0.170 e. The van der Waals surface area contributed by atoms with Gasteiger partial charge in [0, 0.05) is 18.0 Å². The number of aromatic nitrogens is 2. The summed E-state index contributed by atoms with van der Waals surface area (Å²) in [4.78, 5) is 19.1. The van der Waals surface area contributed by atoms with Crippen molar-refractivity contribution in [2.75, 3.05) is 0 Å². The number of aromatic amines is 1. The van der Waals surface area contributed by atoms with E-state index in [0.29, 0.717) is 12.2 Å². The summed E-state index contributed by atoms with van der Waals surface area (Å²) in [5.74, 6) is 0.781. The predicted molar refractivity (Wildman–Crippen MR) is 77.8 cm³/mol. The first-order chi connectivity index (χ1) is 8.83. The van der Waals surface area contributed by atoms with Gasteiger partial charge < -0.3 is 4.98 Å². The lowest BCUT2D eigenvalue weighted by atomic mass is 10.0. The predicted octanol–water partition coefficient (Wildman–Crippen LogP) is 3.41. The zero-order chi connectivity index (χ0) is 12.4. The molecule has 0 spiro atoms. The number of carbonyl (C=O) groups excluding carboxylic acids is 1. The van der Waals surface area contributed by atoms with Crippen LogP contribution in [0.2, 0.25) is 0 Å². The Morgan fingerprint density at radius 3 is 2.63 bits per heavy atom. The van der Waals surface area contributed by atoms with Gasteiger partial charge >= 0.3 is 0 Å². The van der Waals surface area contributed by atoms with Gasteiger partial charge in [-0.2, -0.15) is 0 Å². The van der Waals surface area contributed by atoms with Crippen LogP contribution in [0, 0.1) is 0 Å². The molecule has 1 N–H and O–H groups in total. The number of carbonyl (C=O) groups is 1. The average molecular weight is 273 g/mol.